The maximum absolute atomic E-state index is 12.3. The molecule has 2 aromatic carbocycles. The van der Waals surface area contributed by atoms with Gasteiger partial charge in [-0.2, -0.15) is 8.78 Å². The SMILES string of the molecule is Cc1ccc(-n2cnnc2SCC(=O)Nc2ccc(SC(F)F)cc2)cc1. The van der Waals surface area contributed by atoms with Gasteiger partial charge in [0.25, 0.3) is 5.76 Å². The average Bonchev–Trinajstić information content (AvgIpc) is 3.10. The van der Waals surface area contributed by atoms with Crippen molar-refractivity contribution in [3.63, 3.8) is 0 Å². The predicted octanol–water partition coefficient (Wildman–Crippen LogP) is 4.62. The minimum absolute atomic E-state index is 0.151. The van der Waals surface area contributed by atoms with Gasteiger partial charge >= 0.3 is 0 Å². The fourth-order valence-corrected chi connectivity index (χ4v) is 3.48. The number of hydrogen-bond donors (Lipinski definition) is 1. The van der Waals surface area contributed by atoms with Gasteiger partial charge in [-0.15, -0.1) is 10.2 Å². The Hall–Kier alpha value is -2.39. The number of carbonyl (C=O) groups is 1. The number of hydrogen-bond acceptors (Lipinski definition) is 5. The summed E-state index contributed by atoms with van der Waals surface area (Å²) < 4.78 is 26.5. The zero-order valence-electron chi connectivity index (χ0n) is 14.3. The van der Waals surface area contributed by atoms with Crippen molar-refractivity contribution < 1.29 is 13.6 Å². The molecule has 3 aromatic rings. The van der Waals surface area contributed by atoms with Crippen LogP contribution in [0.1, 0.15) is 5.56 Å². The molecule has 0 fully saturated rings. The maximum Gasteiger partial charge on any atom is 0.288 e. The smallest absolute Gasteiger partial charge is 0.288 e. The second-order valence-corrected chi connectivity index (χ2v) is 7.56. The molecule has 0 saturated carbocycles. The third kappa shape index (κ3) is 5.54. The van der Waals surface area contributed by atoms with Gasteiger partial charge in [0.2, 0.25) is 5.91 Å². The van der Waals surface area contributed by atoms with Crippen LogP contribution in [0.5, 0.6) is 0 Å². The lowest BCUT2D eigenvalue weighted by Gasteiger charge is -2.08. The molecule has 0 spiro atoms. The summed E-state index contributed by atoms with van der Waals surface area (Å²) in [4.78, 5) is 12.6. The Balaban J connectivity index is 1.57. The molecule has 1 heterocycles. The number of carbonyl (C=O) groups excluding carboxylic acids is 1. The molecule has 0 unspecified atom stereocenters. The van der Waals surface area contributed by atoms with Gasteiger partial charge in [0, 0.05) is 16.3 Å². The van der Waals surface area contributed by atoms with Gasteiger partial charge in [-0.1, -0.05) is 41.2 Å². The molecule has 1 amide bonds. The van der Waals surface area contributed by atoms with E-state index >= 15 is 0 Å². The molecule has 27 heavy (non-hydrogen) atoms. The van der Waals surface area contributed by atoms with Crippen LogP contribution < -0.4 is 5.32 Å². The van der Waals surface area contributed by atoms with Crippen LogP contribution in [0.25, 0.3) is 5.69 Å². The Labute approximate surface area is 163 Å². The molecule has 0 aliphatic carbocycles. The van der Waals surface area contributed by atoms with E-state index < -0.39 is 5.76 Å². The summed E-state index contributed by atoms with van der Waals surface area (Å²) in [5, 5.41) is 11.3. The Morgan fingerprint density at radius 2 is 1.85 bits per heavy atom. The van der Waals surface area contributed by atoms with Crippen LogP contribution in [0.2, 0.25) is 0 Å². The van der Waals surface area contributed by atoms with Crippen molar-refractivity contribution in [3.05, 3.63) is 60.4 Å². The van der Waals surface area contributed by atoms with E-state index in [-0.39, 0.29) is 11.7 Å². The minimum atomic E-state index is -2.47. The summed E-state index contributed by atoms with van der Waals surface area (Å²) in [6.07, 6.45) is 1.60. The normalized spacial score (nSPS) is 11.0. The van der Waals surface area contributed by atoms with E-state index in [1.807, 2.05) is 35.8 Å². The summed E-state index contributed by atoms with van der Waals surface area (Å²) in [6.45, 7) is 2.01. The lowest BCUT2D eigenvalue weighted by molar-refractivity contribution is -0.113. The number of thioether (sulfide) groups is 2. The highest BCUT2D eigenvalue weighted by Gasteiger charge is 2.11. The van der Waals surface area contributed by atoms with Crippen molar-refractivity contribution in [2.24, 2.45) is 0 Å². The lowest BCUT2D eigenvalue weighted by Crippen LogP contribution is -2.14. The standard InChI is InChI=1S/C18H16F2N4OS2/c1-12-2-6-14(7-3-12)24-11-21-23-18(24)26-10-16(25)22-13-4-8-15(9-5-13)27-17(19)20/h2-9,11,17H,10H2,1H3,(H,22,25). The first-order chi connectivity index (χ1) is 13.0. The monoisotopic (exact) mass is 406 g/mol. The highest BCUT2D eigenvalue weighted by atomic mass is 32.2. The quantitative estimate of drug-likeness (QED) is 0.580. The first kappa shape index (κ1) is 19.4. The number of alkyl halides is 2. The number of halogens is 2. The van der Waals surface area contributed by atoms with Gasteiger partial charge in [-0.05, 0) is 43.3 Å². The summed E-state index contributed by atoms with van der Waals surface area (Å²) in [7, 11) is 0. The number of amides is 1. The molecule has 0 saturated heterocycles. The second-order valence-electron chi connectivity index (χ2n) is 5.56. The van der Waals surface area contributed by atoms with Crippen molar-refractivity contribution in [2.75, 3.05) is 11.1 Å². The van der Waals surface area contributed by atoms with Crippen LogP contribution in [-0.4, -0.2) is 32.2 Å². The Bertz CT molecular complexity index is 898. The molecule has 140 valence electrons. The third-order valence-electron chi connectivity index (χ3n) is 3.52. The fraction of sp³-hybridized carbons (Fsp3) is 0.167. The number of anilines is 1. The van der Waals surface area contributed by atoms with Crippen molar-refractivity contribution in [1.29, 1.82) is 0 Å². The highest BCUT2D eigenvalue weighted by molar-refractivity contribution is 8.00. The molecule has 1 N–H and O–H groups in total. The number of aromatic nitrogens is 3. The molecule has 0 bridgehead atoms. The molecule has 0 atom stereocenters. The number of benzene rings is 2. The van der Waals surface area contributed by atoms with E-state index in [0.29, 0.717) is 27.5 Å². The first-order valence-corrected chi connectivity index (χ1v) is 9.82. The van der Waals surface area contributed by atoms with E-state index in [1.54, 1.807) is 30.6 Å². The summed E-state index contributed by atoms with van der Waals surface area (Å²) in [6, 6.07) is 14.2. The summed E-state index contributed by atoms with van der Waals surface area (Å²) in [5.74, 6) is -2.53. The lowest BCUT2D eigenvalue weighted by atomic mass is 10.2. The topological polar surface area (TPSA) is 59.8 Å². The first-order valence-electron chi connectivity index (χ1n) is 7.96. The molecular formula is C18H16F2N4OS2. The second kappa shape index (κ2) is 9.01. The fourth-order valence-electron chi connectivity index (χ4n) is 2.25. The summed E-state index contributed by atoms with van der Waals surface area (Å²) in [5.41, 5.74) is 2.62. The van der Waals surface area contributed by atoms with Gasteiger partial charge < -0.3 is 5.32 Å². The Morgan fingerprint density at radius 3 is 2.52 bits per heavy atom. The summed E-state index contributed by atoms with van der Waals surface area (Å²) >= 11 is 1.73. The Morgan fingerprint density at radius 1 is 1.15 bits per heavy atom. The molecule has 3 rings (SSSR count). The number of nitrogens with zero attached hydrogens (tertiary/aromatic N) is 3. The molecule has 0 aliphatic heterocycles. The molecule has 5 nitrogen and oxygen atoms in total. The molecule has 0 radical (unpaired) electrons. The van der Waals surface area contributed by atoms with E-state index in [9.17, 15) is 13.6 Å². The van der Waals surface area contributed by atoms with Gasteiger partial charge in [-0.25, -0.2) is 0 Å². The van der Waals surface area contributed by atoms with Crippen LogP contribution >= 0.6 is 23.5 Å². The van der Waals surface area contributed by atoms with Crippen LogP contribution in [0, 0.1) is 6.92 Å². The van der Waals surface area contributed by atoms with Crippen molar-refractivity contribution >= 4 is 35.1 Å². The van der Waals surface area contributed by atoms with Crippen molar-refractivity contribution in [2.45, 2.75) is 22.7 Å². The molecule has 1 aromatic heterocycles. The van der Waals surface area contributed by atoms with Gasteiger partial charge in [0.15, 0.2) is 5.16 Å². The van der Waals surface area contributed by atoms with Gasteiger partial charge in [0.05, 0.1) is 5.75 Å². The minimum Gasteiger partial charge on any atom is -0.325 e. The molecule has 0 aliphatic rings. The van der Waals surface area contributed by atoms with E-state index in [4.69, 9.17) is 0 Å². The van der Waals surface area contributed by atoms with Crippen LogP contribution in [-0.2, 0) is 4.79 Å². The third-order valence-corrected chi connectivity index (χ3v) is 5.19. The van der Waals surface area contributed by atoms with Crippen LogP contribution in [0.4, 0.5) is 14.5 Å². The zero-order chi connectivity index (χ0) is 19.2. The number of rotatable bonds is 7. The van der Waals surface area contributed by atoms with E-state index in [1.165, 1.54) is 11.8 Å². The highest BCUT2D eigenvalue weighted by Crippen LogP contribution is 2.26. The van der Waals surface area contributed by atoms with E-state index in [2.05, 4.69) is 15.5 Å². The maximum atomic E-state index is 12.3. The van der Waals surface area contributed by atoms with Crippen molar-refractivity contribution in [3.8, 4) is 5.69 Å². The predicted molar refractivity (Wildman–Crippen MR) is 104 cm³/mol. The van der Waals surface area contributed by atoms with Gasteiger partial charge in [0.1, 0.15) is 6.33 Å². The number of nitrogens with one attached hydrogen (secondary N) is 1. The van der Waals surface area contributed by atoms with Crippen molar-refractivity contribution in [1.82, 2.24) is 14.8 Å². The zero-order valence-corrected chi connectivity index (χ0v) is 15.9. The molecular weight excluding hydrogens is 390 g/mol. The number of aryl methyl sites for hydroxylation is 1. The van der Waals surface area contributed by atoms with Crippen LogP contribution in [0.3, 0.4) is 0 Å². The average molecular weight is 406 g/mol. The van der Waals surface area contributed by atoms with E-state index in [0.717, 1.165) is 11.3 Å². The van der Waals surface area contributed by atoms with Gasteiger partial charge in [-0.3, -0.25) is 9.36 Å². The Kier molecular flexibility index (Phi) is 6.46. The van der Waals surface area contributed by atoms with Crippen LogP contribution in [0.15, 0.2) is 64.9 Å². The largest absolute Gasteiger partial charge is 0.325 e. The molecule has 9 heteroatoms.